The average Bonchev–Trinajstić information content (AvgIpc) is 2.76. The predicted octanol–water partition coefficient (Wildman–Crippen LogP) is 2.85. The summed E-state index contributed by atoms with van der Waals surface area (Å²) in [6.07, 6.45) is 0. The SMILES string of the molecule is Cc1scc2c1N(C(=O)CN(C)C)c1ccccc1NC2=O. The Morgan fingerprint density at radius 3 is 2.77 bits per heavy atom. The number of benzene rings is 1. The minimum Gasteiger partial charge on any atom is -0.320 e. The van der Waals surface area contributed by atoms with E-state index in [4.69, 9.17) is 0 Å². The first-order valence-electron chi connectivity index (χ1n) is 6.95. The molecule has 0 unspecified atom stereocenters. The first-order valence-corrected chi connectivity index (χ1v) is 7.83. The maximum atomic E-state index is 12.8. The lowest BCUT2D eigenvalue weighted by Crippen LogP contribution is -2.35. The minimum absolute atomic E-state index is 0.0586. The van der Waals surface area contributed by atoms with E-state index in [9.17, 15) is 9.59 Å². The summed E-state index contributed by atoms with van der Waals surface area (Å²) < 4.78 is 0. The van der Waals surface area contributed by atoms with Gasteiger partial charge < -0.3 is 10.2 Å². The van der Waals surface area contributed by atoms with Gasteiger partial charge in [-0.15, -0.1) is 11.3 Å². The number of carbonyl (C=O) groups is 2. The highest BCUT2D eigenvalue weighted by Crippen LogP contribution is 2.42. The summed E-state index contributed by atoms with van der Waals surface area (Å²) in [6.45, 7) is 2.21. The fourth-order valence-electron chi connectivity index (χ4n) is 2.57. The molecule has 114 valence electrons. The number of nitrogens with one attached hydrogen (secondary N) is 1. The summed E-state index contributed by atoms with van der Waals surface area (Å²) in [5.41, 5.74) is 2.60. The third kappa shape index (κ3) is 2.40. The van der Waals surface area contributed by atoms with Crippen molar-refractivity contribution in [1.29, 1.82) is 0 Å². The van der Waals surface area contributed by atoms with E-state index in [1.54, 1.807) is 4.90 Å². The van der Waals surface area contributed by atoms with Crippen LogP contribution in [0.5, 0.6) is 0 Å². The largest absolute Gasteiger partial charge is 0.320 e. The van der Waals surface area contributed by atoms with E-state index in [0.29, 0.717) is 22.6 Å². The molecule has 2 aromatic rings. The Morgan fingerprint density at radius 2 is 2.05 bits per heavy atom. The lowest BCUT2D eigenvalue weighted by molar-refractivity contribution is -0.118. The number of rotatable bonds is 2. The zero-order chi connectivity index (χ0) is 15.9. The van der Waals surface area contributed by atoms with Gasteiger partial charge in [0.15, 0.2) is 0 Å². The second kappa shape index (κ2) is 5.55. The van der Waals surface area contributed by atoms with Crippen molar-refractivity contribution >= 4 is 40.2 Å². The van der Waals surface area contributed by atoms with Crippen molar-refractivity contribution < 1.29 is 9.59 Å². The zero-order valence-corrected chi connectivity index (χ0v) is 13.5. The molecule has 1 N–H and O–H groups in total. The number of amides is 2. The Morgan fingerprint density at radius 1 is 1.32 bits per heavy atom. The first-order chi connectivity index (χ1) is 10.5. The van der Waals surface area contributed by atoms with Crippen LogP contribution in [0.1, 0.15) is 15.2 Å². The number of hydrogen-bond donors (Lipinski definition) is 1. The molecule has 0 bridgehead atoms. The molecule has 2 heterocycles. The average molecular weight is 315 g/mol. The van der Waals surface area contributed by atoms with E-state index in [1.807, 2.05) is 55.6 Å². The van der Waals surface area contributed by atoms with Crippen LogP contribution >= 0.6 is 11.3 Å². The molecule has 22 heavy (non-hydrogen) atoms. The van der Waals surface area contributed by atoms with Gasteiger partial charge in [0, 0.05) is 10.3 Å². The molecule has 0 spiro atoms. The number of fused-ring (bicyclic) bond motifs is 2. The van der Waals surface area contributed by atoms with Gasteiger partial charge in [-0.3, -0.25) is 14.5 Å². The van der Waals surface area contributed by atoms with Gasteiger partial charge in [-0.1, -0.05) is 12.1 Å². The number of para-hydroxylation sites is 2. The molecule has 2 amide bonds. The maximum Gasteiger partial charge on any atom is 0.258 e. The van der Waals surface area contributed by atoms with Crippen LogP contribution in [0.3, 0.4) is 0 Å². The van der Waals surface area contributed by atoms with Crippen molar-refractivity contribution in [3.8, 4) is 0 Å². The van der Waals surface area contributed by atoms with Gasteiger partial charge in [0.1, 0.15) is 0 Å². The number of aryl methyl sites for hydroxylation is 1. The summed E-state index contributed by atoms with van der Waals surface area (Å²) in [5, 5.41) is 4.70. The van der Waals surface area contributed by atoms with E-state index in [-0.39, 0.29) is 18.4 Å². The van der Waals surface area contributed by atoms with Crippen LogP contribution in [0.15, 0.2) is 29.6 Å². The Balaban J connectivity index is 2.21. The lowest BCUT2D eigenvalue weighted by Gasteiger charge is -2.25. The van der Waals surface area contributed by atoms with Gasteiger partial charge in [-0.25, -0.2) is 0 Å². The van der Waals surface area contributed by atoms with Crippen LogP contribution in [0, 0.1) is 6.92 Å². The third-order valence-electron chi connectivity index (χ3n) is 3.50. The van der Waals surface area contributed by atoms with Crippen molar-refractivity contribution in [2.75, 3.05) is 30.9 Å². The van der Waals surface area contributed by atoms with Gasteiger partial charge in [0.2, 0.25) is 5.91 Å². The van der Waals surface area contributed by atoms with Crippen LogP contribution in [0.25, 0.3) is 0 Å². The van der Waals surface area contributed by atoms with Crippen molar-refractivity contribution in [2.24, 2.45) is 0 Å². The fourth-order valence-corrected chi connectivity index (χ4v) is 3.40. The maximum absolute atomic E-state index is 12.8. The van der Waals surface area contributed by atoms with Crippen LogP contribution in [0.4, 0.5) is 17.1 Å². The highest BCUT2D eigenvalue weighted by atomic mass is 32.1. The molecule has 1 aromatic carbocycles. The van der Waals surface area contributed by atoms with Crippen molar-refractivity contribution in [2.45, 2.75) is 6.92 Å². The normalized spacial score (nSPS) is 13.5. The standard InChI is InChI=1S/C16H17N3O2S/c1-10-15-11(9-22-10)16(21)17-12-6-4-5-7-13(12)19(15)14(20)8-18(2)3/h4-7,9H,8H2,1-3H3,(H,17,21). The molecule has 1 aromatic heterocycles. The van der Waals surface area contributed by atoms with Crippen LogP contribution in [0.2, 0.25) is 0 Å². The van der Waals surface area contributed by atoms with Crippen LogP contribution in [-0.4, -0.2) is 37.4 Å². The summed E-state index contributed by atoms with van der Waals surface area (Å²) in [6, 6.07) is 7.38. The molecular weight excluding hydrogens is 298 g/mol. The van der Waals surface area contributed by atoms with E-state index in [2.05, 4.69) is 5.32 Å². The highest BCUT2D eigenvalue weighted by molar-refractivity contribution is 7.11. The Hall–Kier alpha value is -2.18. The molecular formula is C16H17N3O2S. The van der Waals surface area contributed by atoms with Gasteiger partial charge in [-0.05, 0) is 33.2 Å². The van der Waals surface area contributed by atoms with E-state index in [0.717, 1.165) is 4.88 Å². The number of carbonyl (C=O) groups excluding carboxylic acids is 2. The molecule has 0 fully saturated rings. The number of thiophene rings is 1. The number of nitrogens with zero attached hydrogens (tertiary/aromatic N) is 2. The Bertz CT molecular complexity index is 752. The molecule has 1 aliphatic heterocycles. The number of likely N-dealkylation sites (N-methyl/N-ethyl adjacent to an activating group) is 1. The molecule has 0 aliphatic carbocycles. The molecule has 3 rings (SSSR count). The molecule has 0 saturated heterocycles. The monoisotopic (exact) mass is 315 g/mol. The molecule has 0 atom stereocenters. The van der Waals surface area contributed by atoms with Crippen LogP contribution < -0.4 is 10.2 Å². The number of hydrogen-bond acceptors (Lipinski definition) is 4. The summed E-state index contributed by atoms with van der Waals surface area (Å²) in [7, 11) is 3.71. The second-order valence-electron chi connectivity index (χ2n) is 5.49. The first kappa shape index (κ1) is 14.7. The van der Waals surface area contributed by atoms with Gasteiger partial charge in [0.25, 0.3) is 5.91 Å². The smallest absolute Gasteiger partial charge is 0.258 e. The van der Waals surface area contributed by atoms with E-state index in [1.165, 1.54) is 11.3 Å². The molecule has 1 aliphatic rings. The van der Waals surface area contributed by atoms with Gasteiger partial charge >= 0.3 is 0 Å². The zero-order valence-electron chi connectivity index (χ0n) is 12.7. The second-order valence-corrected chi connectivity index (χ2v) is 6.58. The quantitative estimate of drug-likeness (QED) is 0.927. The minimum atomic E-state index is -0.174. The van der Waals surface area contributed by atoms with E-state index < -0.39 is 0 Å². The third-order valence-corrected chi connectivity index (χ3v) is 4.40. The fraction of sp³-hybridized carbons (Fsp3) is 0.250. The lowest BCUT2D eigenvalue weighted by atomic mass is 10.2. The van der Waals surface area contributed by atoms with Gasteiger partial charge in [0.05, 0.1) is 29.2 Å². The Kier molecular flexibility index (Phi) is 3.72. The highest BCUT2D eigenvalue weighted by Gasteiger charge is 2.31. The Labute approximate surface area is 133 Å². The summed E-state index contributed by atoms with van der Waals surface area (Å²) in [4.78, 5) is 29.7. The predicted molar refractivity (Wildman–Crippen MR) is 89.2 cm³/mol. The molecule has 5 nitrogen and oxygen atoms in total. The summed E-state index contributed by atoms with van der Waals surface area (Å²) >= 11 is 1.48. The van der Waals surface area contributed by atoms with E-state index >= 15 is 0 Å². The molecule has 0 saturated carbocycles. The topological polar surface area (TPSA) is 52.7 Å². The molecule has 0 radical (unpaired) electrons. The summed E-state index contributed by atoms with van der Waals surface area (Å²) in [5.74, 6) is -0.233. The van der Waals surface area contributed by atoms with Crippen molar-refractivity contribution in [3.63, 3.8) is 0 Å². The van der Waals surface area contributed by atoms with Crippen molar-refractivity contribution in [3.05, 3.63) is 40.1 Å². The van der Waals surface area contributed by atoms with Gasteiger partial charge in [-0.2, -0.15) is 0 Å². The van der Waals surface area contributed by atoms with Crippen LogP contribution in [-0.2, 0) is 4.79 Å². The number of anilines is 3. The van der Waals surface area contributed by atoms with Crippen molar-refractivity contribution in [1.82, 2.24) is 4.90 Å². The molecule has 6 heteroatoms.